The Morgan fingerprint density at radius 1 is 1.33 bits per heavy atom. The summed E-state index contributed by atoms with van der Waals surface area (Å²) in [6.07, 6.45) is 5.89. The van der Waals surface area contributed by atoms with Crippen molar-refractivity contribution in [3.05, 3.63) is 52.3 Å². The van der Waals surface area contributed by atoms with Gasteiger partial charge in [0.2, 0.25) is 0 Å². The van der Waals surface area contributed by atoms with E-state index in [1.807, 2.05) is 6.92 Å². The standard InChI is InChI=1S/C14H12ClN3O.C8H16/c1-9-12(13(19)8-17)6-14(15)18(9)11-4-2-10(7-16)3-5-11;1-3-8-5-4-7(2)6-8/h2-6H,8,17H2,1H3;7-8H,3-6H2,1-2H3. The van der Waals surface area contributed by atoms with Crippen molar-refractivity contribution in [1.29, 1.82) is 5.26 Å². The summed E-state index contributed by atoms with van der Waals surface area (Å²) >= 11 is 6.16. The Labute approximate surface area is 166 Å². The monoisotopic (exact) mass is 385 g/mol. The van der Waals surface area contributed by atoms with E-state index in [9.17, 15) is 4.79 Å². The molecule has 3 rings (SSSR count). The summed E-state index contributed by atoms with van der Waals surface area (Å²) in [5.41, 5.74) is 8.01. The first kappa shape index (κ1) is 21.2. The molecule has 0 bridgehead atoms. The van der Waals surface area contributed by atoms with Gasteiger partial charge < -0.3 is 10.3 Å². The molecule has 1 aliphatic carbocycles. The maximum absolute atomic E-state index is 11.7. The summed E-state index contributed by atoms with van der Waals surface area (Å²) in [5, 5.41) is 9.22. The molecule has 1 fully saturated rings. The number of halogens is 1. The first-order valence-corrected chi connectivity index (χ1v) is 9.90. The van der Waals surface area contributed by atoms with Gasteiger partial charge in [-0.05, 0) is 55.5 Å². The van der Waals surface area contributed by atoms with Gasteiger partial charge in [0, 0.05) is 16.9 Å². The van der Waals surface area contributed by atoms with Gasteiger partial charge in [0.05, 0.1) is 18.2 Å². The van der Waals surface area contributed by atoms with Crippen molar-refractivity contribution in [3.63, 3.8) is 0 Å². The molecule has 1 saturated carbocycles. The van der Waals surface area contributed by atoms with Gasteiger partial charge in [0.1, 0.15) is 5.15 Å². The Balaban J connectivity index is 0.000000273. The highest BCUT2D eigenvalue weighted by atomic mass is 35.5. The highest BCUT2D eigenvalue weighted by Crippen LogP contribution is 2.31. The minimum absolute atomic E-state index is 0.0471. The number of ketones is 1. The van der Waals surface area contributed by atoms with E-state index in [0.29, 0.717) is 16.3 Å². The van der Waals surface area contributed by atoms with E-state index in [2.05, 4.69) is 19.9 Å². The molecule has 27 heavy (non-hydrogen) atoms. The second-order valence-corrected chi connectivity index (χ2v) is 7.67. The number of benzene rings is 1. The number of hydrogen-bond acceptors (Lipinski definition) is 3. The number of carbonyl (C=O) groups is 1. The number of rotatable bonds is 4. The fraction of sp³-hybridized carbons (Fsp3) is 0.455. The molecule has 0 saturated heterocycles. The molecule has 4 nitrogen and oxygen atoms in total. The summed E-state index contributed by atoms with van der Waals surface area (Å²) in [6, 6.07) is 10.6. The smallest absolute Gasteiger partial charge is 0.178 e. The zero-order valence-corrected chi connectivity index (χ0v) is 17.1. The van der Waals surface area contributed by atoms with Crippen LogP contribution in [0.3, 0.4) is 0 Å². The second-order valence-electron chi connectivity index (χ2n) is 7.28. The molecular formula is C22H28ClN3O. The van der Waals surface area contributed by atoms with Crippen LogP contribution < -0.4 is 5.73 Å². The van der Waals surface area contributed by atoms with Gasteiger partial charge in [0.25, 0.3) is 0 Å². The van der Waals surface area contributed by atoms with Gasteiger partial charge in [-0.2, -0.15) is 5.26 Å². The van der Waals surface area contributed by atoms with E-state index >= 15 is 0 Å². The van der Waals surface area contributed by atoms with Crippen molar-refractivity contribution in [2.45, 2.75) is 46.5 Å². The van der Waals surface area contributed by atoms with Gasteiger partial charge in [-0.25, -0.2) is 0 Å². The topological polar surface area (TPSA) is 71.8 Å². The van der Waals surface area contributed by atoms with Crippen LogP contribution in [0.25, 0.3) is 5.69 Å². The van der Waals surface area contributed by atoms with Gasteiger partial charge in [0.15, 0.2) is 5.78 Å². The Hall–Kier alpha value is -2.09. The lowest BCUT2D eigenvalue weighted by atomic mass is 10.0. The first-order chi connectivity index (χ1) is 12.9. The maximum atomic E-state index is 11.7. The van der Waals surface area contributed by atoms with Gasteiger partial charge in [-0.3, -0.25) is 4.79 Å². The number of carbonyl (C=O) groups excluding carboxylic acids is 1. The number of hydrogen-bond donors (Lipinski definition) is 1. The van der Waals surface area contributed by atoms with Gasteiger partial charge in [-0.1, -0.05) is 44.7 Å². The molecule has 2 atom stereocenters. The third-order valence-electron chi connectivity index (χ3n) is 5.32. The van der Waals surface area contributed by atoms with E-state index in [-0.39, 0.29) is 12.3 Å². The molecule has 5 heteroatoms. The van der Waals surface area contributed by atoms with Crippen LogP contribution in [0.4, 0.5) is 0 Å². The number of Topliss-reactive ketones (excluding diaryl/α,β-unsaturated/α-hetero) is 1. The molecule has 2 N–H and O–H groups in total. The van der Waals surface area contributed by atoms with Crippen molar-refractivity contribution in [3.8, 4) is 11.8 Å². The largest absolute Gasteiger partial charge is 0.324 e. The molecule has 2 aromatic rings. The Bertz CT molecular complexity index is 817. The third-order valence-corrected chi connectivity index (χ3v) is 5.60. The zero-order chi connectivity index (χ0) is 20.0. The van der Waals surface area contributed by atoms with Crippen molar-refractivity contribution in [1.82, 2.24) is 4.57 Å². The van der Waals surface area contributed by atoms with Crippen molar-refractivity contribution >= 4 is 17.4 Å². The van der Waals surface area contributed by atoms with Crippen LogP contribution in [-0.2, 0) is 0 Å². The normalized spacial score (nSPS) is 18.5. The van der Waals surface area contributed by atoms with Crippen LogP contribution in [0.15, 0.2) is 30.3 Å². The summed E-state index contributed by atoms with van der Waals surface area (Å²) < 4.78 is 1.76. The Morgan fingerprint density at radius 3 is 2.44 bits per heavy atom. The molecule has 0 radical (unpaired) electrons. The number of nitrogens with zero attached hydrogens (tertiary/aromatic N) is 2. The van der Waals surface area contributed by atoms with E-state index < -0.39 is 0 Å². The maximum Gasteiger partial charge on any atom is 0.178 e. The molecule has 1 heterocycles. The Kier molecular flexibility index (Phi) is 7.65. The van der Waals surface area contributed by atoms with E-state index in [4.69, 9.17) is 22.6 Å². The van der Waals surface area contributed by atoms with Crippen molar-refractivity contribution < 1.29 is 4.79 Å². The Morgan fingerprint density at radius 2 is 2.00 bits per heavy atom. The van der Waals surface area contributed by atoms with Crippen molar-refractivity contribution in [2.24, 2.45) is 17.6 Å². The van der Waals surface area contributed by atoms with E-state index in [0.717, 1.165) is 23.2 Å². The molecular weight excluding hydrogens is 358 g/mol. The van der Waals surface area contributed by atoms with Crippen LogP contribution in [-0.4, -0.2) is 16.9 Å². The highest BCUT2D eigenvalue weighted by Gasteiger charge is 2.18. The fourth-order valence-electron chi connectivity index (χ4n) is 3.66. The predicted octanol–water partition coefficient (Wildman–Crippen LogP) is 5.28. The third kappa shape index (κ3) is 5.22. The lowest BCUT2D eigenvalue weighted by Crippen LogP contribution is -2.14. The SMILES string of the molecule is CCC1CCC(C)C1.Cc1c(C(=O)CN)cc(Cl)n1-c1ccc(C#N)cc1. The molecule has 0 aliphatic heterocycles. The molecule has 1 aromatic heterocycles. The fourth-order valence-corrected chi connectivity index (χ4v) is 3.99. The first-order valence-electron chi connectivity index (χ1n) is 9.52. The van der Waals surface area contributed by atoms with Crippen LogP contribution >= 0.6 is 11.6 Å². The average molecular weight is 386 g/mol. The van der Waals surface area contributed by atoms with Crippen molar-refractivity contribution in [2.75, 3.05) is 6.54 Å². The summed E-state index contributed by atoms with van der Waals surface area (Å²) in [7, 11) is 0. The summed E-state index contributed by atoms with van der Waals surface area (Å²) in [4.78, 5) is 11.7. The lowest BCUT2D eigenvalue weighted by Gasteiger charge is -2.08. The summed E-state index contributed by atoms with van der Waals surface area (Å²) in [6.45, 7) is 6.44. The summed E-state index contributed by atoms with van der Waals surface area (Å²) in [5.74, 6) is 1.96. The van der Waals surface area contributed by atoms with Gasteiger partial charge in [-0.15, -0.1) is 0 Å². The minimum atomic E-state index is -0.146. The average Bonchev–Trinajstić information content (AvgIpc) is 3.24. The molecule has 1 aliphatic rings. The molecule has 1 aromatic carbocycles. The van der Waals surface area contributed by atoms with Crippen LogP contribution in [0.1, 0.15) is 61.1 Å². The molecule has 0 spiro atoms. The van der Waals surface area contributed by atoms with E-state index in [1.54, 1.807) is 34.9 Å². The molecule has 0 amide bonds. The van der Waals surface area contributed by atoms with Gasteiger partial charge >= 0.3 is 0 Å². The molecule has 2 unspecified atom stereocenters. The van der Waals surface area contributed by atoms with Crippen LogP contribution in [0, 0.1) is 30.1 Å². The number of aromatic nitrogens is 1. The van der Waals surface area contributed by atoms with Crippen LogP contribution in [0.2, 0.25) is 5.15 Å². The molecule has 144 valence electrons. The number of nitrogens with two attached hydrogens (primary N) is 1. The predicted molar refractivity (Wildman–Crippen MR) is 110 cm³/mol. The zero-order valence-electron chi connectivity index (χ0n) is 16.3. The minimum Gasteiger partial charge on any atom is -0.324 e. The van der Waals surface area contributed by atoms with E-state index in [1.165, 1.54) is 25.7 Å². The second kappa shape index (κ2) is 9.73. The number of nitriles is 1. The quantitative estimate of drug-likeness (QED) is 0.727. The lowest BCUT2D eigenvalue weighted by molar-refractivity contribution is 0.100. The van der Waals surface area contributed by atoms with Crippen LogP contribution in [0.5, 0.6) is 0 Å². The highest BCUT2D eigenvalue weighted by molar-refractivity contribution is 6.30.